The molecule has 0 aliphatic heterocycles. The van der Waals surface area contributed by atoms with Crippen molar-refractivity contribution in [1.82, 2.24) is 37.2 Å². The van der Waals surface area contributed by atoms with Crippen molar-refractivity contribution in [2.45, 2.75) is 143 Å². The summed E-state index contributed by atoms with van der Waals surface area (Å²) in [7, 11) is 0. The zero-order valence-electron chi connectivity index (χ0n) is 41.5. The molecule has 0 fully saturated rings. The van der Waals surface area contributed by atoms with E-state index in [2.05, 4.69) is 37.2 Å². The molecule has 24 nitrogen and oxygen atoms in total. The monoisotopic (exact) mass is 1010 g/mol. The molecule has 2 aromatic rings. The Balaban J connectivity index is 2.42. The maximum atomic E-state index is 14.4. The number of nitrogens with one attached hydrogen (secondary N) is 7. The SMILES string of the molecule is CCCC[C@H](NC(=O)[C@H](CC(C)C)NC(=O)[C@@H](NC(=O)[C@H](Cc1ccccc1C)NC(=O)[C@H](CCC(=O)O)NC(=O)[C@H](CC(=O)O)NC(=O)CCNC(=O)c1ccc([N+](=O)[O-])cc1)C(C)(C)C)C(=O)C(N)=O. The van der Waals surface area contributed by atoms with Crippen molar-refractivity contribution in [2.24, 2.45) is 17.1 Å². The Morgan fingerprint density at radius 2 is 1.24 bits per heavy atom. The first-order chi connectivity index (χ1) is 33.6. The number of non-ortho nitro benzene ring substituents is 1. The fourth-order valence-corrected chi connectivity index (χ4v) is 7.12. The topological polar surface area (TPSA) is 382 Å². The molecule has 2 rings (SSSR count). The number of aryl methyl sites for hydroxylation is 1. The van der Waals surface area contributed by atoms with Gasteiger partial charge in [0.25, 0.3) is 17.5 Å². The third kappa shape index (κ3) is 20.7. The van der Waals surface area contributed by atoms with Gasteiger partial charge in [0.2, 0.25) is 41.2 Å². The van der Waals surface area contributed by atoms with E-state index in [1.165, 1.54) is 12.1 Å². The van der Waals surface area contributed by atoms with E-state index in [9.17, 15) is 73.1 Å². The van der Waals surface area contributed by atoms with Crippen molar-refractivity contribution in [2.75, 3.05) is 6.54 Å². The third-order valence-corrected chi connectivity index (χ3v) is 11.1. The molecule has 6 atom stereocenters. The molecule has 0 unspecified atom stereocenters. The highest BCUT2D eigenvalue weighted by molar-refractivity contribution is 6.37. The van der Waals surface area contributed by atoms with E-state index in [0.29, 0.717) is 24.0 Å². The third-order valence-electron chi connectivity index (χ3n) is 11.1. The molecule has 24 heteroatoms. The fraction of sp³-hybridized carbons (Fsp3) is 0.521. The van der Waals surface area contributed by atoms with E-state index >= 15 is 0 Å². The summed E-state index contributed by atoms with van der Waals surface area (Å²) >= 11 is 0. The number of rotatable bonds is 30. The number of carbonyl (C=O) groups excluding carboxylic acids is 9. The molecule has 0 aromatic heterocycles. The highest BCUT2D eigenvalue weighted by Crippen LogP contribution is 2.21. The second kappa shape index (κ2) is 28.8. The molecule has 394 valence electrons. The van der Waals surface area contributed by atoms with Crippen LogP contribution >= 0.6 is 0 Å². The molecule has 0 saturated heterocycles. The van der Waals surface area contributed by atoms with Gasteiger partial charge in [0.05, 0.1) is 17.4 Å². The minimum absolute atomic E-state index is 0.0383. The standard InChI is InChI=1S/C48H67N9O15/c1-8-9-14-31(39(63)41(49)64)52-44(67)33(23-26(2)3)55-47(70)40(48(5,6)7)56-46(69)34(24-29-13-11-10-12-27(29)4)54-43(66)32(19-20-37(59)60)53-45(68)35(25-38(61)62)51-36(58)21-22-50-42(65)28-15-17-30(18-16-28)57(71)72/h10-13,15-18,26,31-35,40H,8-9,14,19-25H2,1-7H3,(H2,49,64)(H,50,65)(H,51,58)(H,52,67)(H,53,68)(H,54,66)(H,55,70)(H,56,69)(H,59,60)(H,61,62)/t31-,32-,33-,34-,35-,40+/m0/s1. The van der Waals surface area contributed by atoms with Gasteiger partial charge in [-0.05, 0) is 60.8 Å². The number of ketones is 1. The van der Waals surface area contributed by atoms with E-state index in [-0.39, 0.29) is 43.0 Å². The number of aliphatic carboxylic acids is 2. The Labute approximate surface area is 416 Å². The summed E-state index contributed by atoms with van der Waals surface area (Å²) in [5.41, 5.74) is 5.21. The van der Waals surface area contributed by atoms with Crippen LogP contribution < -0.4 is 43.0 Å². The first-order valence-corrected chi connectivity index (χ1v) is 23.3. The van der Waals surface area contributed by atoms with Crippen LogP contribution in [0.3, 0.4) is 0 Å². The van der Waals surface area contributed by atoms with Crippen LogP contribution in [0.2, 0.25) is 0 Å². The van der Waals surface area contributed by atoms with Crippen molar-refractivity contribution >= 4 is 70.7 Å². The second-order valence-electron chi connectivity index (χ2n) is 18.6. The number of carboxylic acids is 2. The van der Waals surface area contributed by atoms with Crippen molar-refractivity contribution in [3.8, 4) is 0 Å². The summed E-state index contributed by atoms with van der Waals surface area (Å²) < 4.78 is 0. The van der Waals surface area contributed by atoms with Crippen molar-refractivity contribution < 1.29 is 67.9 Å². The lowest BCUT2D eigenvalue weighted by Gasteiger charge is -2.34. The van der Waals surface area contributed by atoms with Crippen LogP contribution in [0, 0.1) is 28.4 Å². The van der Waals surface area contributed by atoms with Crippen molar-refractivity contribution in [3.05, 3.63) is 75.3 Å². The number of carboxylic acid groups (broad SMARTS) is 2. The Kier molecular flexibility index (Phi) is 24.1. The van der Waals surface area contributed by atoms with Gasteiger partial charge in [-0.2, -0.15) is 0 Å². The molecule has 0 radical (unpaired) electrons. The number of nitrogens with zero attached hydrogens (tertiary/aromatic N) is 1. The number of primary amides is 1. The number of hydrogen-bond acceptors (Lipinski definition) is 13. The molecular formula is C48H67N9O15. The van der Waals surface area contributed by atoms with Crippen LogP contribution in [0.1, 0.15) is 114 Å². The molecule has 0 heterocycles. The maximum Gasteiger partial charge on any atom is 0.305 e. The lowest BCUT2D eigenvalue weighted by molar-refractivity contribution is -0.384. The highest BCUT2D eigenvalue weighted by atomic mass is 16.6. The minimum atomic E-state index is -1.83. The predicted octanol–water partition coefficient (Wildman–Crippen LogP) is 0.851. The molecule has 2 aromatic carbocycles. The number of nitro groups is 1. The van der Waals surface area contributed by atoms with Gasteiger partial charge < -0.3 is 53.2 Å². The molecule has 11 N–H and O–H groups in total. The summed E-state index contributed by atoms with van der Waals surface area (Å²) in [5, 5.41) is 47.4. The van der Waals surface area contributed by atoms with Crippen molar-refractivity contribution in [3.63, 3.8) is 0 Å². The van der Waals surface area contributed by atoms with E-state index in [4.69, 9.17) is 5.73 Å². The molecule has 8 amide bonds. The second-order valence-corrected chi connectivity index (χ2v) is 18.6. The number of hydrogen-bond donors (Lipinski definition) is 10. The van der Waals surface area contributed by atoms with Gasteiger partial charge in [-0.1, -0.05) is 78.6 Å². The van der Waals surface area contributed by atoms with Crippen LogP contribution in [-0.2, 0) is 54.4 Å². The Morgan fingerprint density at radius 1 is 0.681 bits per heavy atom. The number of nitro benzene ring substituents is 1. The lowest BCUT2D eigenvalue weighted by Crippen LogP contribution is -2.62. The summed E-state index contributed by atoms with van der Waals surface area (Å²) in [6.45, 7) is 11.7. The van der Waals surface area contributed by atoms with Gasteiger partial charge in [-0.15, -0.1) is 0 Å². The summed E-state index contributed by atoms with van der Waals surface area (Å²) in [6, 6.07) is 2.41. The molecule has 0 saturated carbocycles. The van der Waals surface area contributed by atoms with E-state index in [0.717, 1.165) is 12.1 Å². The Morgan fingerprint density at radius 3 is 1.78 bits per heavy atom. The van der Waals surface area contributed by atoms with Gasteiger partial charge in [-0.3, -0.25) is 62.9 Å². The number of carbonyl (C=O) groups is 11. The van der Waals surface area contributed by atoms with Crippen molar-refractivity contribution in [1.29, 1.82) is 0 Å². The Hall–Kier alpha value is -7.79. The minimum Gasteiger partial charge on any atom is -0.481 e. The van der Waals surface area contributed by atoms with Gasteiger partial charge in [-0.25, -0.2) is 0 Å². The first-order valence-electron chi connectivity index (χ1n) is 23.3. The van der Waals surface area contributed by atoms with Crippen LogP contribution in [0.4, 0.5) is 5.69 Å². The van der Waals surface area contributed by atoms with Gasteiger partial charge >= 0.3 is 11.9 Å². The van der Waals surface area contributed by atoms with E-state index in [1.807, 2.05) is 6.92 Å². The number of nitrogens with two attached hydrogens (primary N) is 1. The summed E-state index contributed by atoms with van der Waals surface area (Å²) in [4.78, 5) is 154. The van der Waals surface area contributed by atoms with E-state index in [1.54, 1.807) is 65.8 Å². The lowest BCUT2D eigenvalue weighted by atomic mass is 9.85. The molecule has 72 heavy (non-hydrogen) atoms. The fourth-order valence-electron chi connectivity index (χ4n) is 7.12. The molecule has 0 aliphatic carbocycles. The Bertz CT molecular complexity index is 2310. The number of Topliss-reactive ketones (excluding diaryl/α,β-unsaturated/α-hetero) is 1. The molecule has 0 bridgehead atoms. The van der Waals surface area contributed by atoms with Crippen LogP contribution in [0.5, 0.6) is 0 Å². The zero-order chi connectivity index (χ0) is 54.5. The first kappa shape index (κ1) is 60.3. The maximum absolute atomic E-state index is 14.4. The van der Waals surface area contributed by atoms with Gasteiger partial charge in [0, 0.05) is 43.5 Å². The molecular weight excluding hydrogens is 943 g/mol. The number of amides is 8. The average Bonchev–Trinajstić information content (AvgIpc) is 3.29. The number of unbranched alkanes of at least 4 members (excludes halogenated alkanes) is 1. The normalized spacial score (nSPS) is 13.6. The molecule has 0 spiro atoms. The largest absolute Gasteiger partial charge is 0.481 e. The average molecular weight is 1010 g/mol. The summed E-state index contributed by atoms with van der Waals surface area (Å²) in [5.74, 6) is -11.8. The summed E-state index contributed by atoms with van der Waals surface area (Å²) in [6.07, 6.45) is -1.67. The smallest absolute Gasteiger partial charge is 0.305 e. The van der Waals surface area contributed by atoms with E-state index < -0.39 is 137 Å². The van der Waals surface area contributed by atoms with Crippen LogP contribution in [0.25, 0.3) is 0 Å². The molecule has 0 aliphatic rings. The predicted molar refractivity (Wildman–Crippen MR) is 258 cm³/mol. The quantitative estimate of drug-likeness (QED) is 0.0295. The van der Waals surface area contributed by atoms with Crippen LogP contribution in [-0.4, -0.2) is 123 Å². The van der Waals surface area contributed by atoms with Crippen LogP contribution in [0.15, 0.2) is 48.5 Å². The highest BCUT2D eigenvalue weighted by Gasteiger charge is 2.39. The number of benzene rings is 2. The van der Waals surface area contributed by atoms with Gasteiger partial charge in [0.1, 0.15) is 30.2 Å². The van der Waals surface area contributed by atoms with Gasteiger partial charge in [0.15, 0.2) is 0 Å². The zero-order valence-corrected chi connectivity index (χ0v) is 41.5.